The van der Waals surface area contributed by atoms with Crippen molar-refractivity contribution in [3.8, 4) is 0 Å². The quantitative estimate of drug-likeness (QED) is 0.429. The molecule has 2 aliphatic rings. The molecular weight excluding hydrogens is 202 g/mol. The number of rotatable bonds is 2. The van der Waals surface area contributed by atoms with Crippen molar-refractivity contribution in [2.75, 3.05) is 0 Å². The average Bonchev–Trinajstić information content (AvgIpc) is 2.86. The van der Waals surface area contributed by atoms with E-state index in [0.717, 1.165) is 16.7 Å². The van der Waals surface area contributed by atoms with E-state index < -0.39 is 0 Å². The second-order valence-electron chi connectivity index (χ2n) is 4.20. The predicted octanol–water partition coefficient (Wildman–Crippen LogP) is 1.87. The van der Waals surface area contributed by atoms with Crippen molar-refractivity contribution in [1.29, 1.82) is 0 Å². The van der Waals surface area contributed by atoms with Gasteiger partial charge in [-0.15, -0.1) is 0 Å². The fraction of sp³-hybridized carbons (Fsp3) is 0.308. The molecule has 0 amide bonds. The summed E-state index contributed by atoms with van der Waals surface area (Å²) in [5.74, 6) is 0.547. The molecular formula is C13H13NO2. The Labute approximate surface area is 94.3 Å². The van der Waals surface area contributed by atoms with E-state index in [2.05, 4.69) is 0 Å². The molecule has 1 heterocycles. The van der Waals surface area contributed by atoms with Crippen LogP contribution in [0.3, 0.4) is 0 Å². The van der Waals surface area contributed by atoms with Gasteiger partial charge in [-0.25, -0.2) is 0 Å². The summed E-state index contributed by atoms with van der Waals surface area (Å²) in [5, 5.41) is 11.9. The Hall–Kier alpha value is -1.77. The normalized spacial score (nSPS) is 27.0. The molecule has 1 aliphatic carbocycles. The first-order valence-electron chi connectivity index (χ1n) is 5.54. The van der Waals surface area contributed by atoms with Gasteiger partial charge in [-0.2, -0.15) is 4.74 Å². The van der Waals surface area contributed by atoms with Gasteiger partial charge in [-0.05, 0) is 11.6 Å². The number of hydrogen-bond acceptors (Lipinski definition) is 2. The maximum Gasteiger partial charge on any atom is 0.353 e. The molecule has 3 rings (SSSR count). The summed E-state index contributed by atoms with van der Waals surface area (Å²) in [5.41, 5.74) is 1.11. The second kappa shape index (κ2) is 3.67. The van der Waals surface area contributed by atoms with Crippen LogP contribution in [0.15, 0.2) is 42.5 Å². The van der Waals surface area contributed by atoms with Crippen LogP contribution in [0.1, 0.15) is 12.0 Å². The van der Waals surface area contributed by atoms with Crippen molar-refractivity contribution in [2.24, 2.45) is 0 Å². The van der Waals surface area contributed by atoms with Crippen LogP contribution >= 0.6 is 0 Å². The molecule has 0 aromatic heterocycles. The lowest BCUT2D eigenvalue weighted by Crippen LogP contribution is -2.23. The van der Waals surface area contributed by atoms with Crippen molar-refractivity contribution in [3.05, 3.63) is 53.3 Å². The molecule has 0 unspecified atom stereocenters. The van der Waals surface area contributed by atoms with Gasteiger partial charge in [0.05, 0.1) is 6.42 Å². The van der Waals surface area contributed by atoms with Crippen LogP contribution in [-0.2, 0) is 11.2 Å². The highest BCUT2D eigenvalue weighted by atomic mass is 16.6. The fourth-order valence-electron chi connectivity index (χ4n) is 2.25. The topological polar surface area (TPSA) is 35.3 Å². The number of hydrogen-bond donors (Lipinski definition) is 0. The third-order valence-corrected chi connectivity index (χ3v) is 3.10. The van der Waals surface area contributed by atoms with Gasteiger partial charge >= 0.3 is 5.90 Å². The minimum absolute atomic E-state index is 0.0290. The molecule has 0 spiro atoms. The minimum Gasteiger partial charge on any atom is -0.621 e. The molecule has 0 saturated heterocycles. The van der Waals surface area contributed by atoms with Crippen LogP contribution < -0.4 is 0 Å². The van der Waals surface area contributed by atoms with Crippen LogP contribution in [0.5, 0.6) is 0 Å². The van der Waals surface area contributed by atoms with E-state index in [0.29, 0.717) is 12.3 Å². The van der Waals surface area contributed by atoms with E-state index in [1.165, 1.54) is 0 Å². The highest BCUT2D eigenvalue weighted by molar-refractivity contribution is 5.75. The third-order valence-electron chi connectivity index (χ3n) is 3.10. The summed E-state index contributed by atoms with van der Waals surface area (Å²) < 4.78 is 6.68. The molecule has 1 aliphatic heterocycles. The van der Waals surface area contributed by atoms with Crippen molar-refractivity contribution in [3.63, 3.8) is 0 Å². The predicted molar refractivity (Wildman–Crippen MR) is 61.2 cm³/mol. The van der Waals surface area contributed by atoms with E-state index in [4.69, 9.17) is 4.74 Å². The molecule has 1 aromatic rings. The van der Waals surface area contributed by atoms with Gasteiger partial charge in [0.1, 0.15) is 0 Å². The van der Waals surface area contributed by atoms with E-state index >= 15 is 0 Å². The molecule has 0 fully saturated rings. The number of nitrogens with zero attached hydrogens (tertiary/aromatic N) is 1. The first-order chi connectivity index (χ1) is 7.84. The first kappa shape index (κ1) is 9.46. The zero-order valence-electron chi connectivity index (χ0n) is 8.87. The van der Waals surface area contributed by atoms with Gasteiger partial charge in [0.2, 0.25) is 6.04 Å². The summed E-state index contributed by atoms with van der Waals surface area (Å²) in [4.78, 5) is 0. The van der Waals surface area contributed by atoms with E-state index in [1.54, 1.807) is 0 Å². The first-order valence-corrected chi connectivity index (χ1v) is 5.54. The van der Waals surface area contributed by atoms with E-state index in [1.807, 2.05) is 42.5 Å². The molecule has 2 atom stereocenters. The van der Waals surface area contributed by atoms with E-state index in [-0.39, 0.29) is 12.1 Å². The maximum atomic E-state index is 11.9. The Morgan fingerprint density at radius 1 is 1.31 bits per heavy atom. The number of ether oxygens (including phenoxy) is 1. The van der Waals surface area contributed by atoms with E-state index in [9.17, 15) is 5.21 Å². The minimum atomic E-state index is -0.0313. The fourth-order valence-corrected chi connectivity index (χ4v) is 2.25. The number of fused-ring (bicyclic) bond motifs is 1. The third kappa shape index (κ3) is 1.48. The van der Waals surface area contributed by atoms with Gasteiger partial charge in [0.15, 0.2) is 6.10 Å². The Morgan fingerprint density at radius 2 is 2.12 bits per heavy atom. The Morgan fingerprint density at radius 3 is 2.88 bits per heavy atom. The summed E-state index contributed by atoms with van der Waals surface area (Å²) in [7, 11) is 0. The van der Waals surface area contributed by atoms with Gasteiger partial charge in [-0.3, -0.25) is 0 Å². The largest absolute Gasteiger partial charge is 0.621 e. The number of hydroxylamine groups is 1. The molecule has 82 valence electrons. The van der Waals surface area contributed by atoms with Crippen LogP contribution in [0, 0.1) is 5.21 Å². The zero-order chi connectivity index (χ0) is 11.0. The SMILES string of the molecule is [O-][N+]1=C(Cc2ccccc2)O[C@H]2C=CC[C@H]21. The van der Waals surface area contributed by atoms with Crippen molar-refractivity contribution in [1.82, 2.24) is 0 Å². The lowest BCUT2D eigenvalue weighted by molar-refractivity contribution is -0.491. The summed E-state index contributed by atoms with van der Waals surface area (Å²) in [6.45, 7) is 0. The molecule has 0 saturated carbocycles. The van der Waals surface area contributed by atoms with Crippen LogP contribution in [0.25, 0.3) is 0 Å². The molecule has 0 radical (unpaired) electrons. The summed E-state index contributed by atoms with van der Waals surface area (Å²) in [6, 6.07) is 9.90. The standard InChI is InChI=1S/C13H13NO2/c15-14-11-7-4-8-12(11)16-13(14)9-10-5-2-1-3-6-10/h1-6,8,11-12H,7,9H2/t11-,12+/m1/s1. The highest BCUT2D eigenvalue weighted by Crippen LogP contribution is 2.24. The van der Waals surface area contributed by atoms with Crippen LogP contribution in [-0.4, -0.2) is 22.8 Å². The van der Waals surface area contributed by atoms with Crippen molar-refractivity contribution >= 4 is 5.90 Å². The van der Waals surface area contributed by atoms with Crippen LogP contribution in [0.4, 0.5) is 0 Å². The Balaban J connectivity index is 1.79. The Kier molecular flexibility index (Phi) is 2.17. The lowest BCUT2D eigenvalue weighted by atomic mass is 10.1. The van der Waals surface area contributed by atoms with Crippen molar-refractivity contribution < 1.29 is 9.48 Å². The average molecular weight is 215 g/mol. The molecule has 3 heteroatoms. The van der Waals surface area contributed by atoms with Gasteiger partial charge in [0, 0.05) is 6.42 Å². The molecule has 3 nitrogen and oxygen atoms in total. The summed E-state index contributed by atoms with van der Waals surface area (Å²) in [6.07, 6.45) is 5.35. The molecule has 16 heavy (non-hydrogen) atoms. The molecule has 0 N–H and O–H groups in total. The smallest absolute Gasteiger partial charge is 0.353 e. The molecule has 0 bridgehead atoms. The van der Waals surface area contributed by atoms with Gasteiger partial charge in [-0.1, -0.05) is 36.4 Å². The van der Waals surface area contributed by atoms with Crippen molar-refractivity contribution in [2.45, 2.75) is 25.0 Å². The zero-order valence-corrected chi connectivity index (χ0v) is 8.87. The van der Waals surface area contributed by atoms with Gasteiger partial charge < -0.3 is 9.94 Å². The van der Waals surface area contributed by atoms with Gasteiger partial charge in [0.25, 0.3) is 0 Å². The molecule has 1 aromatic carbocycles. The highest BCUT2D eigenvalue weighted by Gasteiger charge is 2.41. The Bertz CT molecular complexity index is 450. The summed E-state index contributed by atoms with van der Waals surface area (Å²) >= 11 is 0. The number of benzene rings is 1. The lowest BCUT2D eigenvalue weighted by Gasteiger charge is -2.05. The maximum absolute atomic E-state index is 11.9. The van der Waals surface area contributed by atoms with Crippen LogP contribution in [0.2, 0.25) is 0 Å². The monoisotopic (exact) mass is 215 g/mol. The second-order valence-corrected chi connectivity index (χ2v) is 4.20.